The van der Waals surface area contributed by atoms with Crippen LogP contribution in [-0.4, -0.2) is 18.8 Å². The Morgan fingerprint density at radius 1 is 1.38 bits per heavy atom. The fourth-order valence-corrected chi connectivity index (χ4v) is 2.23. The van der Waals surface area contributed by atoms with E-state index in [1.165, 1.54) is 6.07 Å². The summed E-state index contributed by atoms with van der Waals surface area (Å²) in [6, 6.07) is 6.78. The minimum atomic E-state index is -0.150. The van der Waals surface area contributed by atoms with E-state index in [1.54, 1.807) is 23.9 Å². The third kappa shape index (κ3) is 6.13. The number of rotatable bonds is 7. The van der Waals surface area contributed by atoms with Crippen LogP contribution >= 0.6 is 11.8 Å². The van der Waals surface area contributed by atoms with Crippen molar-refractivity contribution in [1.29, 1.82) is 0 Å². The summed E-state index contributed by atoms with van der Waals surface area (Å²) in [6.07, 6.45) is 1.12. The quantitative estimate of drug-likeness (QED) is 0.579. The monoisotopic (exact) mass is 241 g/mol. The van der Waals surface area contributed by atoms with Gasteiger partial charge in [-0.3, -0.25) is 0 Å². The van der Waals surface area contributed by atoms with Gasteiger partial charge in [0.15, 0.2) is 0 Å². The zero-order valence-electron chi connectivity index (χ0n) is 10.0. The van der Waals surface area contributed by atoms with Gasteiger partial charge in [0.05, 0.1) is 0 Å². The van der Waals surface area contributed by atoms with Crippen LogP contribution in [0.15, 0.2) is 29.2 Å². The molecule has 0 heterocycles. The Morgan fingerprint density at radius 3 is 2.88 bits per heavy atom. The lowest BCUT2D eigenvalue weighted by atomic mass is 10.2. The fraction of sp³-hybridized carbons (Fsp3) is 0.538. The van der Waals surface area contributed by atoms with Gasteiger partial charge in [0.2, 0.25) is 0 Å². The maximum Gasteiger partial charge on any atom is 0.124 e. The molecule has 16 heavy (non-hydrogen) atoms. The Hall–Kier alpha value is -0.540. The van der Waals surface area contributed by atoms with Gasteiger partial charge in [-0.1, -0.05) is 19.9 Å². The molecule has 0 radical (unpaired) electrons. The van der Waals surface area contributed by atoms with Crippen LogP contribution in [0.5, 0.6) is 0 Å². The number of nitrogens with one attached hydrogen (secondary N) is 1. The van der Waals surface area contributed by atoms with E-state index in [-0.39, 0.29) is 5.82 Å². The van der Waals surface area contributed by atoms with Crippen molar-refractivity contribution in [3.63, 3.8) is 0 Å². The maximum atomic E-state index is 12.9. The van der Waals surface area contributed by atoms with Gasteiger partial charge in [0, 0.05) is 4.90 Å². The standard InChI is InChI=1S/C13H20FNS/c1-11(2)10-15-7-4-8-16-13-6-3-5-12(14)9-13/h3,5-6,9,11,15H,4,7-8,10H2,1-2H3. The molecule has 0 spiro atoms. The highest BCUT2D eigenvalue weighted by Gasteiger charge is 1.96. The number of hydrogen-bond donors (Lipinski definition) is 1. The molecule has 0 saturated carbocycles. The molecule has 0 aromatic heterocycles. The minimum Gasteiger partial charge on any atom is -0.316 e. The van der Waals surface area contributed by atoms with Gasteiger partial charge >= 0.3 is 0 Å². The van der Waals surface area contributed by atoms with Gasteiger partial charge in [0.25, 0.3) is 0 Å². The molecule has 0 aliphatic heterocycles. The lowest BCUT2D eigenvalue weighted by molar-refractivity contribution is 0.552. The summed E-state index contributed by atoms with van der Waals surface area (Å²) < 4.78 is 12.9. The number of halogens is 1. The fourth-order valence-electron chi connectivity index (χ4n) is 1.33. The molecule has 0 aliphatic carbocycles. The molecule has 0 atom stereocenters. The van der Waals surface area contributed by atoms with Crippen molar-refractivity contribution in [2.75, 3.05) is 18.8 Å². The smallest absolute Gasteiger partial charge is 0.124 e. The highest BCUT2D eigenvalue weighted by atomic mass is 32.2. The first-order chi connectivity index (χ1) is 7.68. The summed E-state index contributed by atoms with van der Waals surface area (Å²) in [5.41, 5.74) is 0. The van der Waals surface area contributed by atoms with Crippen LogP contribution in [0.3, 0.4) is 0 Å². The molecule has 90 valence electrons. The Balaban J connectivity index is 2.07. The zero-order valence-corrected chi connectivity index (χ0v) is 10.8. The normalized spacial score (nSPS) is 11.0. The Morgan fingerprint density at radius 2 is 2.19 bits per heavy atom. The highest BCUT2D eigenvalue weighted by Crippen LogP contribution is 2.18. The minimum absolute atomic E-state index is 0.150. The summed E-state index contributed by atoms with van der Waals surface area (Å²) in [5, 5.41) is 3.40. The summed E-state index contributed by atoms with van der Waals surface area (Å²) in [6.45, 7) is 6.52. The maximum absolute atomic E-state index is 12.9. The van der Waals surface area contributed by atoms with E-state index in [4.69, 9.17) is 0 Å². The number of thioether (sulfide) groups is 1. The first kappa shape index (κ1) is 13.5. The van der Waals surface area contributed by atoms with Crippen LogP contribution in [0.1, 0.15) is 20.3 Å². The predicted octanol–water partition coefficient (Wildman–Crippen LogP) is 3.55. The van der Waals surface area contributed by atoms with Gasteiger partial charge in [-0.15, -0.1) is 11.8 Å². The van der Waals surface area contributed by atoms with Crippen LogP contribution in [0.25, 0.3) is 0 Å². The van der Waals surface area contributed by atoms with Crippen molar-refractivity contribution < 1.29 is 4.39 Å². The highest BCUT2D eigenvalue weighted by molar-refractivity contribution is 7.99. The van der Waals surface area contributed by atoms with Crippen molar-refractivity contribution >= 4 is 11.8 Å². The molecule has 1 nitrogen and oxygen atoms in total. The van der Waals surface area contributed by atoms with Gasteiger partial charge in [-0.25, -0.2) is 4.39 Å². The first-order valence-electron chi connectivity index (χ1n) is 5.77. The second-order valence-electron chi connectivity index (χ2n) is 4.26. The van der Waals surface area contributed by atoms with Crippen LogP contribution < -0.4 is 5.32 Å². The van der Waals surface area contributed by atoms with Gasteiger partial charge in [0.1, 0.15) is 5.82 Å². The van der Waals surface area contributed by atoms with Crippen molar-refractivity contribution in [2.45, 2.75) is 25.2 Å². The van der Waals surface area contributed by atoms with E-state index in [0.717, 1.165) is 30.2 Å². The molecule has 1 aromatic carbocycles. The van der Waals surface area contributed by atoms with E-state index in [1.807, 2.05) is 6.07 Å². The lowest BCUT2D eigenvalue weighted by Gasteiger charge is -2.06. The summed E-state index contributed by atoms with van der Waals surface area (Å²) in [5.74, 6) is 1.59. The molecule has 0 unspecified atom stereocenters. The lowest BCUT2D eigenvalue weighted by Crippen LogP contribution is -2.21. The van der Waals surface area contributed by atoms with E-state index in [9.17, 15) is 4.39 Å². The largest absolute Gasteiger partial charge is 0.316 e. The third-order valence-corrected chi connectivity index (χ3v) is 3.20. The van der Waals surface area contributed by atoms with E-state index < -0.39 is 0 Å². The summed E-state index contributed by atoms with van der Waals surface area (Å²) >= 11 is 1.71. The number of hydrogen-bond acceptors (Lipinski definition) is 2. The van der Waals surface area contributed by atoms with Crippen LogP contribution in [-0.2, 0) is 0 Å². The van der Waals surface area contributed by atoms with E-state index >= 15 is 0 Å². The second kappa shape index (κ2) is 7.69. The third-order valence-electron chi connectivity index (χ3n) is 2.12. The predicted molar refractivity (Wildman–Crippen MR) is 69.4 cm³/mol. The molecular weight excluding hydrogens is 221 g/mol. The average Bonchev–Trinajstić information content (AvgIpc) is 2.23. The Kier molecular flexibility index (Phi) is 6.50. The Labute approximate surface area is 102 Å². The summed E-state index contributed by atoms with van der Waals surface area (Å²) in [7, 11) is 0. The Bertz CT molecular complexity index is 302. The second-order valence-corrected chi connectivity index (χ2v) is 5.43. The molecule has 0 bridgehead atoms. The molecule has 1 N–H and O–H groups in total. The van der Waals surface area contributed by atoms with Crippen LogP contribution in [0, 0.1) is 11.7 Å². The van der Waals surface area contributed by atoms with Crippen molar-refractivity contribution in [1.82, 2.24) is 5.32 Å². The first-order valence-corrected chi connectivity index (χ1v) is 6.76. The molecule has 0 fully saturated rings. The van der Waals surface area contributed by atoms with Gasteiger partial charge < -0.3 is 5.32 Å². The molecule has 3 heteroatoms. The summed E-state index contributed by atoms with van der Waals surface area (Å²) in [4.78, 5) is 1.02. The molecule has 0 amide bonds. The topological polar surface area (TPSA) is 12.0 Å². The molecule has 1 rings (SSSR count). The van der Waals surface area contributed by atoms with Crippen LogP contribution in [0.4, 0.5) is 4.39 Å². The molecule has 0 aliphatic rings. The van der Waals surface area contributed by atoms with Gasteiger partial charge in [-0.05, 0) is 49.4 Å². The van der Waals surface area contributed by atoms with Crippen molar-refractivity contribution in [3.05, 3.63) is 30.1 Å². The van der Waals surface area contributed by atoms with Gasteiger partial charge in [-0.2, -0.15) is 0 Å². The number of benzene rings is 1. The van der Waals surface area contributed by atoms with E-state index in [0.29, 0.717) is 5.92 Å². The SMILES string of the molecule is CC(C)CNCCCSc1cccc(F)c1. The molecule has 0 saturated heterocycles. The zero-order chi connectivity index (χ0) is 11.8. The average molecular weight is 241 g/mol. The van der Waals surface area contributed by atoms with Crippen molar-refractivity contribution in [3.8, 4) is 0 Å². The van der Waals surface area contributed by atoms with Crippen molar-refractivity contribution in [2.24, 2.45) is 5.92 Å². The molecule has 1 aromatic rings. The van der Waals surface area contributed by atoms with Crippen LogP contribution in [0.2, 0.25) is 0 Å². The van der Waals surface area contributed by atoms with E-state index in [2.05, 4.69) is 19.2 Å². The molecular formula is C13H20FNS.